The van der Waals surface area contributed by atoms with Gasteiger partial charge in [0.1, 0.15) is 11.6 Å². The number of nitrogens with zero attached hydrogens (tertiary/aromatic N) is 3. The third-order valence-corrected chi connectivity index (χ3v) is 4.60. The van der Waals surface area contributed by atoms with E-state index in [1.165, 1.54) is 12.1 Å². The van der Waals surface area contributed by atoms with Crippen molar-refractivity contribution in [2.45, 2.75) is 26.8 Å². The third kappa shape index (κ3) is 2.96. The Balaban J connectivity index is 1.75. The molecule has 130 valence electrons. The van der Waals surface area contributed by atoms with Crippen LogP contribution in [-0.4, -0.2) is 15.9 Å². The number of hydrogen-bond donors (Lipinski definition) is 0. The molecule has 1 aromatic heterocycles. The van der Waals surface area contributed by atoms with Crippen LogP contribution in [0.25, 0.3) is 11.4 Å². The van der Waals surface area contributed by atoms with Crippen LogP contribution in [-0.2, 0) is 17.8 Å². The molecule has 2 aromatic carbocycles. The lowest BCUT2D eigenvalue weighted by Gasteiger charge is -2.18. The zero-order chi connectivity index (χ0) is 18.3. The van der Waals surface area contributed by atoms with E-state index in [9.17, 15) is 9.18 Å². The number of aromatic nitrogens is 2. The van der Waals surface area contributed by atoms with E-state index in [1.54, 1.807) is 17.0 Å². The first-order chi connectivity index (χ1) is 12.5. The van der Waals surface area contributed by atoms with E-state index in [1.807, 2.05) is 32.0 Å². The van der Waals surface area contributed by atoms with E-state index < -0.39 is 0 Å². The fraction of sp³-hybridized carbons (Fsp3) is 0.190. The van der Waals surface area contributed by atoms with Crippen LogP contribution in [0, 0.1) is 19.7 Å². The maximum Gasteiger partial charge on any atom is 0.233 e. The van der Waals surface area contributed by atoms with Crippen molar-refractivity contribution in [3.8, 4) is 11.4 Å². The molecule has 0 atom stereocenters. The van der Waals surface area contributed by atoms with Gasteiger partial charge in [-0.05, 0) is 43.7 Å². The van der Waals surface area contributed by atoms with Crippen molar-refractivity contribution in [1.29, 1.82) is 0 Å². The maximum atomic E-state index is 13.2. The first-order valence-corrected chi connectivity index (χ1v) is 8.50. The van der Waals surface area contributed by atoms with Crippen molar-refractivity contribution < 1.29 is 9.18 Å². The molecule has 0 saturated heterocycles. The molecule has 0 saturated carbocycles. The molecule has 0 aliphatic carbocycles. The lowest BCUT2D eigenvalue weighted by molar-refractivity contribution is -0.117. The van der Waals surface area contributed by atoms with E-state index in [0.29, 0.717) is 24.6 Å². The minimum Gasteiger partial charge on any atom is -0.292 e. The molecule has 0 radical (unpaired) electrons. The number of fused-ring (bicyclic) bond motifs is 1. The second-order valence-corrected chi connectivity index (χ2v) is 6.59. The second kappa shape index (κ2) is 6.33. The van der Waals surface area contributed by atoms with Crippen LogP contribution in [0.4, 0.5) is 10.2 Å². The summed E-state index contributed by atoms with van der Waals surface area (Å²) in [5.74, 6) is 0.881. The summed E-state index contributed by atoms with van der Waals surface area (Å²) in [6.07, 6.45) is 0.316. The zero-order valence-corrected chi connectivity index (χ0v) is 14.7. The van der Waals surface area contributed by atoms with Crippen molar-refractivity contribution in [3.63, 3.8) is 0 Å². The van der Waals surface area contributed by atoms with Gasteiger partial charge in [0.05, 0.1) is 13.0 Å². The van der Waals surface area contributed by atoms with Crippen molar-refractivity contribution in [2.24, 2.45) is 0 Å². The molecule has 1 aliphatic heterocycles. The van der Waals surface area contributed by atoms with E-state index in [0.717, 1.165) is 27.9 Å². The van der Waals surface area contributed by atoms with Gasteiger partial charge in [-0.2, -0.15) is 0 Å². The van der Waals surface area contributed by atoms with Crippen LogP contribution in [0.1, 0.15) is 22.4 Å². The molecule has 1 aliphatic rings. The maximum absolute atomic E-state index is 13.2. The minimum atomic E-state index is -0.303. The van der Waals surface area contributed by atoms with Gasteiger partial charge < -0.3 is 0 Å². The fourth-order valence-corrected chi connectivity index (χ4v) is 3.26. The molecule has 0 unspecified atom stereocenters. The van der Waals surface area contributed by atoms with Crippen molar-refractivity contribution in [3.05, 3.63) is 76.7 Å². The van der Waals surface area contributed by atoms with Gasteiger partial charge >= 0.3 is 0 Å². The van der Waals surface area contributed by atoms with Gasteiger partial charge in [-0.15, -0.1) is 0 Å². The van der Waals surface area contributed by atoms with Crippen LogP contribution in [0.3, 0.4) is 0 Å². The lowest BCUT2D eigenvalue weighted by Crippen LogP contribution is -2.26. The highest BCUT2D eigenvalue weighted by Gasteiger charge is 2.31. The molecule has 3 aromatic rings. The van der Waals surface area contributed by atoms with Gasteiger partial charge in [-0.3, -0.25) is 9.69 Å². The Morgan fingerprint density at radius 2 is 1.85 bits per heavy atom. The van der Waals surface area contributed by atoms with Crippen LogP contribution < -0.4 is 4.90 Å². The number of hydrogen-bond acceptors (Lipinski definition) is 3. The van der Waals surface area contributed by atoms with Gasteiger partial charge in [0, 0.05) is 16.8 Å². The van der Waals surface area contributed by atoms with Crippen LogP contribution >= 0.6 is 0 Å². The molecule has 0 bridgehead atoms. The molecule has 4 nitrogen and oxygen atoms in total. The molecule has 0 N–H and O–H groups in total. The predicted octanol–water partition coefficient (Wildman–Crippen LogP) is 3.99. The molecule has 0 spiro atoms. The quantitative estimate of drug-likeness (QED) is 0.720. The summed E-state index contributed by atoms with van der Waals surface area (Å²) in [5, 5.41) is 0. The third-order valence-electron chi connectivity index (χ3n) is 4.60. The molecule has 26 heavy (non-hydrogen) atoms. The Morgan fingerprint density at radius 1 is 1.08 bits per heavy atom. The molecular weight excluding hydrogens is 329 g/mol. The number of aryl methyl sites for hydroxylation is 2. The molecule has 0 fully saturated rings. The monoisotopic (exact) mass is 347 g/mol. The largest absolute Gasteiger partial charge is 0.292 e. The van der Waals surface area contributed by atoms with Gasteiger partial charge in [0.15, 0.2) is 5.82 Å². The molecule has 2 heterocycles. The van der Waals surface area contributed by atoms with Crippen LogP contribution in [0.15, 0.2) is 48.5 Å². The minimum absolute atomic E-state index is 0.0233. The van der Waals surface area contributed by atoms with Crippen molar-refractivity contribution in [1.82, 2.24) is 9.97 Å². The first-order valence-electron chi connectivity index (χ1n) is 8.50. The van der Waals surface area contributed by atoms with Gasteiger partial charge in [0.2, 0.25) is 5.91 Å². The normalized spacial score (nSPS) is 13.2. The summed E-state index contributed by atoms with van der Waals surface area (Å²) in [6, 6.07) is 14.2. The fourth-order valence-electron chi connectivity index (χ4n) is 3.26. The number of carbonyl (C=O) groups is 1. The average molecular weight is 347 g/mol. The second-order valence-electron chi connectivity index (χ2n) is 6.59. The van der Waals surface area contributed by atoms with E-state index in [-0.39, 0.29) is 11.7 Å². The highest BCUT2D eigenvalue weighted by Crippen LogP contribution is 2.32. The SMILES string of the molecule is Cc1cccc(CN2C(=O)Cc3c(C)nc(-c4ccc(F)cc4)nc32)c1. The molecule has 5 heteroatoms. The number of benzene rings is 2. The summed E-state index contributed by atoms with van der Waals surface area (Å²) in [5.41, 5.74) is 4.60. The number of amides is 1. The average Bonchev–Trinajstić information content (AvgIpc) is 2.92. The number of halogens is 1. The van der Waals surface area contributed by atoms with Crippen LogP contribution in [0.5, 0.6) is 0 Å². The molecule has 1 amide bonds. The summed E-state index contributed by atoms with van der Waals surface area (Å²) >= 11 is 0. The summed E-state index contributed by atoms with van der Waals surface area (Å²) < 4.78 is 13.2. The number of rotatable bonds is 3. The smallest absolute Gasteiger partial charge is 0.233 e. The summed E-state index contributed by atoms with van der Waals surface area (Å²) in [7, 11) is 0. The first kappa shape index (κ1) is 16.4. The lowest BCUT2D eigenvalue weighted by atomic mass is 10.1. The predicted molar refractivity (Wildman–Crippen MR) is 98.2 cm³/mol. The molecular formula is C21H18FN3O. The standard InChI is InChI=1S/C21H18FN3O/c1-13-4-3-5-15(10-13)12-25-19(26)11-18-14(2)23-20(24-21(18)25)16-6-8-17(22)9-7-16/h3-10H,11-12H2,1-2H3. The van der Waals surface area contributed by atoms with E-state index in [2.05, 4.69) is 16.0 Å². The Kier molecular flexibility index (Phi) is 3.99. The van der Waals surface area contributed by atoms with Crippen molar-refractivity contribution in [2.75, 3.05) is 4.90 Å². The Hall–Kier alpha value is -3.08. The summed E-state index contributed by atoms with van der Waals surface area (Å²) in [6.45, 7) is 4.39. The number of anilines is 1. The molecule has 4 rings (SSSR count). The zero-order valence-electron chi connectivity index (χ0n) is 14.7. The van der Waals surface area contributed by atoms with Gasteiger partial charge in [-0.1, -0.05) is 29.8 Å². The Labute approximate surface area is 151 Å². The van der Waals surface area contributed by atoms with E-state index in [4.69, 9.17) is 0 Å². The topological polar surface area (TPSA) is 46.1 Å². The van der Waals surface area contributed by atoms with Gasteiger partial charge in [-0.25, -0.2) is 14.4 Å². The summed E-state index contributed by atoms with van der Waals surface area (Å²) in [4.78, 5) is 23.4. The Morgan fingerprint density at radius 3 is 2.58 bits per heavy atom. The highest BCUT2D eigenvalue weighted by molar-refractivity contribution is 6.00. The van der Waals surface area contributed by atoms with E-state index >= 15 is 0 Å². The highest BCUT2D eigenvalue weighted by atomic mass is 19.1. The van der Waals surface area contributed by atoms with Crippen molar-refractivity contribution >= 4 is 11.7 Å². The Bertz CT molecular complexity index is 999. The van der Waals surface area contributed by atoms with Crippen LogP contribution in [0.2, 0.25) is 0 Å². The van der Waals surface area contributed by atoms with Gasteiger partial charge in [0.25, 0.3) is 0 Å². The number of carbonyl (C=O) groups excluding carboxylic acids is 1.